The molecule has 0 spiro atoms. The third-order valence-electron chi connectivity index (χ3n) is 15.1. The molecular weight excluding hydrogens is 1010 g/mol. The Kier molecular flexibility index (Phi) is 28.8. The summed E-state index contributed by atoms with van der Waals surface area (Å²) in [5.41, 5.74) is 0.182. The van der Waals surface area contributed by atoms with Gasteiger partial charge in [-0.3, -0.25) is 24.0 Å². The van der Waals surface area contributed by atoms with E-state index in [0.29, 0.717) is 19.3 Å². The number of hydrogen-bond acceptors (Lipinski definition) is 13. The van der Waals surface area contributed by atoms with Gasteiger partial charge >= 0.3 is 24.0 Å². The van der Waals surface area contributed by atoms with Crippen LogP contribution in [0.2, 0.25) is 18.1 Å². The van der Waals surface area contributed by atoms with Gasteiger partial charge in [0.2, 0.25) is 17.7 Å². The summed E-state index contributed by atoms with van der Waals surface area (Å²) in [6, 6.07) is 4.88. The lowest BCUT2D eigenvalue weighted by Gasteiger charge is -2.43. The molecule has 19 heteroatoms. The molecule has 442 valence electrons. The normalized spacial score (nSPS) is 16.4. The molecule has 18 nitrogen and oxygen atoms in total. The van der Waals surface area contributed by atoms with Crippen LogP contribution >= 0.6 is 0 Å². The molecule has 0 unspecified atom stereocenters. The fourth-order valence-corrected chi connectivity index (χ4v) is 9.44. The van der Waals surface area contributed by atoms with E-state index < -0.39 is 116 Å². The smallest absolute Gasteiger partial charge is 0.408 e. The second kappa shape index (κ2) is 31.9. The molecule has 2 N–H and O–H groups in total. The largest absolute Gasteiger partial charge is 0.460 e. The maximum atomic E-state index is 14.2. The van der Waals surface area contributed by atoms with Gasteiger partial charge in [-0.25, -0.2) is 14.4 Å². The van der Waals surface area contributed by atoms with Gasteiger partial charge in [0.25, 0.3) is 5.91 Å². The summed E-state index contributed by atoms with van der Waals surface area (Å²) in [5.74, 6) is -5.63. The van der Waals surface area contributed by atoms with Crippen LogP contribution in [0.5, 0.6) is 0 Å². The van der Waals surface area contributed by atoms with Crippen LogP contribution in [0, 0.1) is 23.7 Å². The molecule has 1 aromatic rings. The number of carbonyl (C=O) groups is 8. The Hall–Kier alpha value is -5.56. The number of likely N-dealkylation sites (N-methyl/N-ethyl adjacent to an activating group) is 3. The van der Waals surface area contributed by atoms with E-state index in [1.165, 1.54) is 48.8 Å². The van der Waals surface area contributed by atoms with E-state index in [1.807, 2.05) is 71.9 Å². The Bertz CT molecular complexity index is 2190. The first-order valence-electron chi connectivity index (χ1n) is 27.6. The molecule has 5 amide bonds. The van der Waals surface area contributed by atoms with Crippen molar-refractivity contribution in [2.75, 3.05) is 34.3 Å². The van der Waals surface area contributed by atoms with Crippen LogP contribution in [0.4, 0.5) is 4.79 Å². The zero-order valence-corrected chi connectivity index (χ0v) is 52.2. The monoisotopic (exact) mass is 1110 g/mol. The topological polar surface area (TPSA) is 216 Å². The summed E-state index contributed by atoms with van der Waals surface area (Å²) in [4.78, 5) is 113. The highest BCUT2D eigenvalue weighted by atomic mass is 28.4. The lowest BCUT2D eigenvalue weighted by Crippen LogP contribution is -2.56. The van der Waals surface area contributed by atoms with Crippen LogP contribution < -0.4 is 10.6 Å². The first-order valence-corrected chi connectivity index (χ1v) is 30.6. The van der Waals surface area contributed by atoms with Crippen LogP contribution in [0.15, 0.2) is 54.6 Å². The first-order chi connectivity index (χ1) is 36.0. The average Bonchev–Trinajstić information content (AvgIpc) is 3.37. The van der Waals surface area contributed by atoms with E-state index in [1.54, 1.807) is 47.6 Å². The SMILES string of the molecule is C=CCOC(=O)CN(C)C(=O)[C@@H](Cc1ccccc1)N(C)C(=O)[C@H](C)NC(=O)[C@H](OC(=O)/C(C)=C/C[C@H](O[Si](C)(C)C(C)(C)C)[C@H](C)[C@@H](OC(=O)[C@H](C)N(C)C(=O)[C@@H](NC(=O)OC(C)(C)C)[C@H](C)CC)[C@@H](C)CC)[C@@H](C)CC. The fourth-order valence-electron chi connectivity index (χ4n) is 8.02. The van der Waals surface area contributed by atoms with E-state index in [-0.39, 0.29) is 48.4 Å². The number of rotatable bonds is 30. The van der Waals surface area contributed by atoms with Gasteiger partial charge in [0.15, 0.2) is 14.4 Å². The molecule has 0 fully saturated rings. The second-order valence-electron chi connectivity index (χ2n) is 23.6. The van der Waals surface area contributed by atoms with Crippen LogP contribution in [-0.4, -0.2) is 153 Å². The van der Waals surface area contributed by atoms with Gasteiger partial charge in [-0.05, 0) is 89.9 Å². The van der Waals surface area contributed by atoms with Crippen molar-refractivity contribution < 1.29 is 61.7 Å². The molecule has 0 bridgehead atoms. The van der Waals surface area contributed by atoms with Crippen LogP contribution in [0.25, 0.3) is 0 Å². The van der Waals surface area contributed by atoms with E-state index >= 15 is 0 Å². The third kappa shape index (κ3) is 21.9. The van der Waals surface area contributed by atoms with Gasteiger partial charge in [0.1, 0.15) is 49.0 Å². The number of alkyl carbamates (subject to hydrolysis) is 1. The number of nitrogens with zero attached hydrogens (tertiary/aromatic N) is 3. The minimum atomic E-state index is -2.53. The highest BCUT2D eigenvalue weighted by molar-refractivity contribution is 6.74. The average molecular weight is 1110 g/mol. The lowest BCUT2D eigenvalue weighted by molar-refractivity contribution is -0.165. The summed E-state index contributed by atoms with van der Waals surface area (Å²) >= 11 is 0. The highest BCUT2D eigenvalue weighted by Gasteiger charge is 2.44. The van der Waals surface area contributed by atoms with E-state index in [9.17, 15) is 38.4 Å². The standard InChI is InChI=1S/C59H99N5O13Si/c1-23-34-73-47(65)36-62(18)53(68)45(35-44-30-28-27-29-31-44)64(20)52(67)42(10)60-51(66)50(39(7)26-4)75-55(70)40(8)32-33-46(77-78(21,22)59(15,16)17)41(9)49(38(6)25-3)74-56(71)43(11)63(19)54(69)48(37(5)24-2)61-57(72)76-58(12,13)14/h23,27-32,37-39,41-43,45-46,48-50H,1,24-26,33-36H2,2-22H3,(H,60,66)(H,61,72)/b40-32+/t37-,38+,39+,41+,42+,43+,45-,46+,48+,49+,50-/m1/s1. The summed E-state index contributed by atoms with van der Waals surface area (Å²) in [6.07, 6.45) is 1.84. The number of carbonyl (C=O) groups excluding carboxylic acids is 8. The molecule has 78 heavy (non-hydrogen) atoms. The minimum absolute atomic E-state index is 0.0239. The molecule has 1 rings (SSSR count). The van der Waals surface area contributed by atoms with Crippen LogP contribution in [0.3, 0.4) is 0 Å². The molecule has 0 aliphatic rings. The van der Waals surface area contributed by atoms with E-state index in [2.05, 4.69) is 51.1 Å². The Labute approximate surface area is 468 Å². The molecule has 0 radical (unpaired) electrons. The number of benzene rings is 1. The van der Waals surface area contributed by atoms with Crippen molar-refractivity contribution in [1.29, 1.82) is 0 Å². The highest BCUT2D eigenvalue weighted by Crippen LogP contribution is 2.40. The van der Waals surface area contributed by atoms with E-state index in [0.717, 1.165) is 5.56 Å². The molecule has 0 aromatic heterocycles. The van der Waals surface area contributed by atoms with Crippen molar-refractivity contribution in [3.05, 3.63) is 60.2 Å². The van der Waals surface area contributed by atoms with Crippen LogP contribution in [-0.2, 0) is 63.4 Å². The predicted octanol–water partition coefficient (Wildman–Crippen LogP) is 8.81. The number of amides is 5. The van der Waals surface area contributed by atoms with Gasteiger partial charge in [0.05, 0.1) is 6.10 Å². The second-order valence-corrected chi connectivity index (χ2v) is 28.3. The first kappa shape index (κ1) is 70.5. The number of ether oxygens (including phenoxy) is 4. The van der Waals surface area contributed by atoms with Gasteiger partial charge < -0.3 is 48.7 Å². The molecule has 1 aromatic carbocycles. The Morgan fingerprint density at radius 2 is 1.31 bits per heavy atom. The fraction of sp³-hybridized carbons (Fsp3) is 0.695. The van der Waals surface area contributed by atoms with Crippen molar-refractivity contribution >= 4 is 55.9 Å². The molecule has 0 aliphatic heterocycles. The van der Waals surface area contributed by atoms with Gasteiger partial charge in [-0.1, -0.05) is 131 Å². The third-order valence-corrected chi connectivity index (χ3v) is 19.6. The molecule has 11 atom stereocenters. The van der Waals surface area contributed by atoms with Gasteiger partial charge in [0, 0.05) is 45.0 Å². The number of esters is 3. The van der Waals surface area contributed by atoms with Crippen molar-refractivity contribution in [3.63, 3.8) is 0 Å². The van der Waals surface area contributed by atoms with E-state index in [4.69, 9.17) is 23.4 Å². The molecular formula is C59H99N5O13Si. The summed E-state index contributed by atoms with van der Waals surface area (Å²) < 4.78 is 30.0. The maximum Gasteiger partial charge on any atom is 0.408 e. The maximum absolute atomic E-state index is 14.2. The zero-order valence-electron chi connectivity index (χ0n) is 51.2. The zero-order chi connectivity index (χ0) is 60.2. The quantitative estimate of drug-likeness (QED) is 0.0242. The summed E-state index contributed by atoms with van der Waals surface area (Å²) in [7, 11) is 1.88. The summed E-state index contributed by atoms with van der Waals surface area (Å²) in [5, 5.41) is 5.22. The van der Waals surface area contributed by atoms with Crippen molar-refractivity contribution in [2.24, 2.45) is 23.7 Å². The molecule has 0 heterocycles. The van der Waals surface area contributed by atoms with Crippen LogP contribution in [0.1, 0.15) is 142 Å². The number of nitrogens with one attached hydrogen (secondary N) is 2. The molecule has 0 saturated heterocycles. The number of hydrogen-bond donors (Lipinski definition) is 2. The van der Waals surface area contributed by atoms with Crippen molar-refractivity contribution in [3.8, 4) is 0 Å². The molecule has 0 saturated carbocycles. The Morgan fingerprint density at radius 1 is 0.744 bits per heavy atom. The Balaban J connectivity index is 3.52. The van der Waals surface area contributed by atoms with Gasteiger partial charge in [-0.15, -0.1) is 0 Å². The predicted molar refractivity (Wildman–Crippen MR) is 306 cm³/mol. The van der Waals surface area contributed by atoms with Crippen molar-refractivity contribution in [1.82, 2.24) is 25.3 Å². The Morgan fingerprint density at radius 3 is 1.82 bits per heavy atom. The molecule has 0 aliphatic carbocycles. The van der Waals surface area contributed by atoms with Crippen molar-refractivity contribution in [2.45, 2.75) is 209 Å². The van der Waals surface area contributed by atoms with Gasteiger partial charge in [-0.2, -0.15) is 0 Å². The summed E-state index contributed by atoms with van der Waals surface area (Å²) in [6.45, 7) is 36.9. The minimum Gasteiger partial charge on any atom is -0.460 e. The lowest BCUT2D eigenvalue weighted by atomic mass is 9.86.